The van der Waals surface area contributed by atoms with Crippen LogP contribution in [0.1, 0.15) is 19.4 Å². The van der Waals surface area contributed by atoms with Crippen molar-refractivity contribution in [3.05, 3.63) is 28.0 Å². The molecular formula is C11H12ClN3OS. The van der Waals surface area contributed by atoms with E-state index in [1.54, 1.807) is 6.07 Å². The van der Waals surface area contributed by atoms with Crippen LogP contribution in [0.3, 0.4) is 0 Å². The van der Waals surface area contributed by atoms with Gasteiger partial charge in [-0.1, -0.05) is 17.7 Å². The molecule has 0 fully saturated rings. The Kier molecular flexibility index (Phi) is 3.22. The Morgan fingerprint density at radius 2 is 2.35 bits per heavy atom. The Balaban J connectivity index is 2.61. The van der Waals surface area contributed by atoms with Crippen molar-refractivity contribution in [1.29, 1.82) is 0 Å². The molecule has 1 heterocycles. The van der Waals surface area contributed by atoms with E-state index in [-0.39, 0.29) is 18.4 Å². The molecule has 1 atom stereocenters. The van der Waals surface area contributed by atoms with Crippen LogP contribution >= 0.6 is 23.8 Å². The first-order valence-electron chi connectivity index (χ1n) is 5.17. The van der Waals surface area contributed by atoms with E-state index in [2.05, 4.69) is 4.98 Å². The van der Waals surface area contributed by atoms with Gasteiger partial charge in [-0.2, -0.15) is 0 Å². The first-order valence-corrected chi connectivity index (χ1v) is 5.96. The fourth-order valence-electron chi connectivity index (χ4n) is 1.93. The summed E-state index contributed by atoms with van der Waals surface area (Å²) in [5.74, 6) is -0.351. The minimum Gasteiger partial charge on any atom is -0.370 e. The number of nitrogens with zero attached hydrogens (tertiary/aromatic N) is 1. The van der Waals surface area contributed by atoms with Crippen LogP contribution < -0.4 is 5.73 Å². The van der Waals surface area contributed by atoms with Gasteiger partial charge in [-0.3, -0.25) is 4.79 Å². The number of benzene rings is 1. The number of nitrogens with two attached hydrogens (primary N) is 1. The zero-order valence-electron chi connectivity index (χ0n) is 9.24. The standard InChI is InChI=1S/C11H12ClN3OS/c1-6(5-9(13)16)15-8-4-2-3-7(12)10(8)14-11(15)17/h2-4,6H,5H2,1H3,(H2,13,16)(H,14,17). The molecule has 2 aromatic rings. The number of imidazole rings is 1. The number of rotatable bonds is 3. The summed E-state index contributed by atoms with van der Waals surface area (Å²) in [7, 11) is 0. The number of aromatic nitrogens is 2. The second kappa shape index (κ2) is 4.50. The van der Waals surface area contributed by atoms with Crippen molar-refractivity contribution in [3.63, 3.8) is 0 Å². The second-order valence-electron chi connectivity index (χ2n) is 3.95. The molecule has 1 aromatic heterocycles. The number of hydrogen-bond donors (Lipinski definition) is 2. The SMILES string of the molecule is CC(CC(N)=O)n1c(=S)[nH]c2c(Cl)cccc21. The number of primary amides is 1. The summed E-state index contributed by atoms with van der Waals surface area (Å²) in [6.07, 6.45) is 0.244. The third-order valence-corrected chi connectivity index (χ3v) is 3.25. The highest BCUT2D eigenvalue weighted by Gasteiger charge is 2.14. The van der Waals surface area contributed by atoms with Gasteiger partial charge in [-0.05, 0) is 31.3 Å². The molecule has 4 nitrogen and oxygen atoms in total. The van der Waals surface area contributed by atoms with E-state index in [0.29, 0.717) is 9.79 Å². The van der Waals surface area contributed by atoms with Gasteiger partial charge in [0.2, 0.25) is 5.91 Å². The number of aromatic amines is 1. The average Bonchev–Trinajstić information content (AvgIpc) is 2.55. The number of nitrogens with one attached hydrogen (secondary N) is 1. The first-order chi connectivity index (χ1) is 8.00. The summed E-state index contributed by atoms with van der Waals surface area (Å²) in [5, 5.41) is 0.610. The molecule has 6 heteroatoms. The van der Waals surface area contributed by atoms with Gasteiger partial charge in [0.05, 0.1) is 16.1 Å². The van der Waals surface area contributed by atoms with Crippen LogP contribution in [0.4, 0.5) is 0 Å². The van der Waals surface area contributed by atoms with E-state index in [1.165, 1.54) is 0 Å². The summed E-state index contributed by atoms with van der Waals surface area (Å²) in [5.41, 5.74) is 6.87. The van der Waals surface area contributed by atoms with E-state index in [0.717, 1.165) is 11.0 Å². The maximum absolute atomic E-state index is 11.0. The lowest BCUT2D eigenvalue weighted by Crippen LogP contribution is -2.17. The summed E-state index contributed by atoms with van der Waals surface area (Å²) < 4.78 is 2.41. The van der Waals surface area contributed by atoms with Gasteiger partial charge in [0.25, 0.3) is 0 Å². The zero-order valence-corrected chi connectivity index (χ0v) is 10.8. The molecule has 1 unspecified atom stereocenters. The van der Waals surface area contributed by atoms with Gasteiger partial charge in [0, 0.05) is 12.5 Å². The molecule has 1 aromatic carbocycles. The Bertz CT molecular complexity index is 631. The molecule has 0 saturated heterocycles. The van der Waals surface area contributed by atoms with Gasteiger partial charge in [0.15, 0.2) is 4.77 Å². The summed E-state index contributed by atoms with van der Waals surface area (Å²) in [4.78, 5) is 14.0. The second-order valence-corrected chi connectivity index (χ2v) is 4.75. The normalized spacial score (nSPS) is 12.8. The lowest BCUT2D eigenvalue weighted by Gasteiger charge is -2.12. The molecule has 90 valence electrons. The lowest BCUT2D eigenvalue weighted by atomic mass is 10.2. The number of para-hydroxylation sites is 1. The number of carbonyl (C=O) groups is 1. The Labute approximate surface area is 108 Å². The van der Waals surface area contributed by atoms with Crippen LogP contribution in [0.25, 0.3) is 11.0 Å². The van der Waals surface area contributed by atoms with Crippen molar-refractivity contribution in [1.82, 2.24) is 9.55 Å². The number of carbonyl (C=O) groups excluding carboxylic acids is 1. The van der Waals surface area contributed by atoms with Gasteiger partial charge in [-0.25, -0.2) is 0 Å². The number of amides is 1. The van der Waals surface area contributed by atoms with E-state index in [1.807, 2.05) is 23.6 Å². The van der Waals surface area contributed by atoms with Crippen molar-refractivity contribution >= 4 is 40.8 Å². The summed E-state index contributed by atoms with van der Waals surface area (Å²) in [6, 6.07) is 5.46. The third kappa shape index (κ3) is 2.21. The highest BCUT2D eigenvalue weighted by atomic mass is 35.5. The molecule has 0 radical (unpaired) electrons. The predicted octanol–water partition coefficient (Wildman–Crippen LogP) is 2.79. The van der Waals surface area contributed by atoms with Gasteiger partial charge >= 0.3 is 0 Å². The molecule has 17 heavy (non-hydrogen) atoms. The average molecular weight is 270 g/mol. The van der Waals surface area contributed by atoms with E-state index in [9.17, 15) is 4.79 Å². The molecule has 0 spiro atoms. The molecule has 0 saturated carbocycles. The van der Waals surface area contributed by atoms with E-state index in [4.69, 9.17) is 29.6 Å². The minimum atomic E-state index is -0.351. The largest absolute Gasteiger partial charge is 0.370 e. The molecule has 1 amide bonds. The van der Waals surface area contributed by atoms with Crippen molar-refractivity contribution in [3.8, 4) is 0 Å². The fourth-order valence-corrected chi connectivity index (χ4v) is 2.53. The first kappa shape index (κ1) is 12.1. The highest BCUT2D eigenvalue weighted by molar-refractivity contribution is 7.71. The number of halogens is 1. The maximum atomic E-state index is 11.0. The molecule has 0 aliphatic carbocycles. The minimum absolute atomic E-state index is 0.0905. The monoisotopic (exact) mass is 269 g/mol. The zero-order chi connectivity index (χ0) is 12.6. The van der Waals surface area contributed by atoms with Crippen LogP contribution in [0.5, 0.6) is 0 Å². The Morgan fingerprint density at radius 3 is 3.00 bits per heavy atom. The lowest BCUT2D eigenvalue weighted by molar-refractivity contribution is -0.118. The summed E-state index contributed by atoms with van der Waals surface area (Å²) >= 11 is 11.3. The quantitative estimate of drug-likeness (QED) is 0.842. The maximum Gasteiger partial charge on any atom is 0.219 e. The van der Waals surface area contributed by atoms with Crippen LogP contribution in [0.2, 0.25) is 5.02 Å². The third-order valence-electron chi connectivity index (χ3n) is 2.64. The van der Waals surface area contributed by atoms with Crippen molar-refractivity contribution in [2.45, 2.75) is 19.4 Å². The predicted molar refractivity (Wildman–Crippen MR) is 70.7 cm³/mol. The molecular weight excluding hydrogens is 258 g/mol. The van der Waals surface area contributed by atoms with Crippen molar-refractivity contribution < 1.29 is 4.79 Å². The molecule has 0 aliphatic rings. The van der Waals surface area contributed by atoms with Crippen LogP contribution in [0, 0.1) is 4.77 Å². The van der Waals surface area contributed by atoms with Crippen molar-refractivity contribution in [2.24, 2.45) is 5.73 Å². The fraction of sp³-hybridized carbons (Fsp3) is 0.273. The number of fused-ring (bicyclic) bond motifs is 1. The van der Waals surface area contributed by atoms with Crippen LogP contribution in [-0.2, 0) is 4.79 Å². The summed E-state index contributed by atoms with van der Waals surface area (Å²) in [6.45, 7) is 1.90. The van der Waals surface area contributed by atoms with Crippen molar-refractivity contribution in [2.75, 3.05) is 0 Å². The number of hydrogen-bond acceptors (Lipinski definition) is 2. The van der Waals surface area contributed by atoms with Gasteiger partial charge in [-0.15, -0.1) is 0 Å². The van der Waals surface area contributed by atoms with Gasteiger partial charge in [0.1, 0.15) is 0 Å². The molecule has 3 N–H and O–H groups in total. The highest BCUT2D eigenvalue weighted by Crippen LogP contribution is 2.26. The Morgan fingerprint density at radius 1 is 1.65 bits per heavy atom. The van der Waals surface area contributed by atoms with Crippen LogP contribution in [0.15, 0.2) is 18.2 Å². The molecule has 2 rings (SSSR count). The van der Waals surface area contributed by atoms with Gasteiger partial charge < -0.3 is 15.3 Å². The smallest absolute Gasteiger partial charge is 0.219 e. The molecule has 0 aliphatic heterocycles. The van der Waals surface area contributed by atoms with Crippen LogP contribution in [-0.4, -0.2) is 15.5 Å². The topological polar surface area (TPSA) is 63.8 Å². The Hall–Kier alpha value is -1.33. The molecule has 0 bridgehead atoms. The van der Waals surface area contributed by atoms with E-state index < -0.39 is 0 Å². The van der Waals surface area contributed by atoms with E-state index >= 15 is 0 Å². The number of H-pyrrole nitrogens is 1.